The van der Waals surface area contributed by atoms with Gasteiger partial charge in [-0.2, -0.15) is 0 Å². The maximum atomic E-state index is 12.0. The molecule has 0 fully saturated rings. The zero-order valence-electron chi connectivity index (χ0n) is 13.2. The normalized spacial score (nSPS) is 11.4. The molecule has 1 atom stereocenters. The van der Waals surface area contributed by atoms with Crippen LogP contribution in [0.4, 0.5) is 0 Å². The highest BCUT2D eigenvalue weighted by atomic mass is 16.2. The van der Waals surface area contributed by atoms with Gasteiger partial charge in [-0.05, 0) is 44.9 Å². The molecule has 0 aliphatic carbocycles. The summed E-state index contributed by atoms with van der Waals surface area (Å²) in [4.78, 5) is 23.6. The van der Waals surface area contributed by atoms with E-state index in [0.717, 1.165) is 17.6 Å². The Labute approximate surface area is 126 Å². The summed E-state index contributed by atoms with van der Waals surface area (Å²) in [5.41, 5.74) is 2.47. The molecule has 1 rings (SSSR count). The molecule has 0 radical (unpaired) electrons. The van der Waals surface area contributed by atoms with E-state index in [2.05, 4.69) is 10.6 Å². The smallest absolute Gasteiger partial charge is 0.251 e. The quantitative estimate of drug-likeness (QED) is 0.791. The van der Waals surface area contributed by atoms with Crippen molar-refractivity contribution >= 4 is 11.8 Å². The standard InChI is InChI=1S/C17H24N2O2/c1-5-13(4)19-17(21)15-8-6-7-14(10-15)11-18-16(20)9-12(2)3/h6-10,13H,5,11H2,1-4H3,(H,18,20)(H,19,21)/t13-/m1/s1. The Hall–Kier alpha value is -2.10. The zero-order valence-corrected chi connectivity index (χ0v) is 13.2. The fourth-order valence-electron chi connectivity index (χ4n) is 1.73. The molecule has 0 aliphatic rings. The van der Waals surface area contributed by atoms with Crippen molar-refractivity contribution in [3.05, 3.63) is 47.0 Å². The van der Waals surface area contributed by atoms with Crippen molar-refractivity contribution in [3.63, 3.8) is 0 Å². The van der Waals surface area contributed by atoms with Crippen LogP contribution in [-0.4, -0.2) is 17.9 Å². The molecule has 2 amide bonds. The van der Waals surface area contributed by atoms with Gasteiger partial charge in [-0.25, -0.2) is 0 Å². The predicted octanol–water partition coefficient (Wildman–Crippen LogP) is 2.80. The number of allylic oxidation sites excluding steroid dienone is 1. The number of benzene rings is 1. The van der Waals surface area contributed by atoms with Gasteiger partial charge in [-0.1, -0.05) is 24.6 Å². The molecule has 0 bridgehead atoms. The Bertz CT molecular complexity index is 531. The van der Waals surface area contributed by atoms with E-state index < -0.39 is 0 Å². The van der Waals surface area contributed by atoms with E-state index in [-0.39, 0.29) is 17.9 Å². The molecule has 1 aromatic rings. The second-order valence-electron chi connectivity index (χ2n) is 5.42. The number of hydrogen-bond donors (Lipinski definition) is 2. The van der Waals surface area contributed by atoms with E-state index >= 15 is 0 Å². The monoisotopic (exact) mass is 288 g/mol. The second-order valence-corrected chi connectivity index (χ2v) is 5.42. The molecule has 0 saturated carbocycles. The highest BCUT2D eigenvalue weighted by Crippen LogP contribution is 2.06. The van der Waals surface area contributed by atoms with E-state index in [0.29, 0.717) is 12.1 Å². The molecule has 1 aromatic carbocycles. The molecular formula is C17H24N2O2. The fraction of sp³-hybridized carbons (Fsp3) is 0.412. The van der Waals surface area contributed by atoms with Crippen molar-refractivity contribution in [2.24, 2.45) is 0 Å². The van der Waals surface area contributed by atoms with Crippen molar-refractivity contribution in [1.29, 1.82) is 0 Å². The Morgan fingerprint density at radius 2 is 2.00 bits per heavy atom. The molecule has 4 heteroatoms. The summed E-state index contributed by atoms with van der Waals surface area (Å²) < 4.78 is 0. The molecule has 0 heterocycles. The van der Waals surface area contributed by atoms with Crippen molar-refractivity contribution in [3.8, 4) is 0 Å². The molecule has 0 aromatic heterocycles. The summed E-state index contributed by atoms with van der Waals surface area (Å²) >= 11 is 0. The van der Waals surface area contributed by atoms with Crippen molar-refractivity contribution in [2.45, 2.75) is 46.7 Å². The van der Waals surface area contributed by atoms with Gasteiger partial charge in [0.25, 0.3) is 5.91 Å². The van der Waals surface area contributed by atoms with Crippen LogP contribution in [0.3, 0.4) is 0 Å². The van der Waals surface area contributed by atoms with Crippen LogP contribution in [-0.2, 0) is 11.3 Å². The van der Waals surface area contributed by atoms with Crippen LogP contribution >= 0.6 is 0 Å². The first-order chi connectivity index (χ1) is 9.92. The minimum Gasteiger partial charge on any atom is -0.350 e. The number of rotatable bonds is 6. The SMILES string of the molecule is CC[C@@H](C)NC(=O)c1cccc(CNC(=O)C=C(C)C)c1. The highest BCUT2D eigenvalue weighted by molar-refractivity contribution is 5.94. The van der Waals surface area contributed by atoms with Gasteiger partial charge >= 0.3 is 0 Å². The van der Waals surface area contributed by atoms with Gasteiger partial charge in [0.2, 0.25) is 5.91 Å². The minimum absolute atomic E-state index is 0.0816. The molecule has 4 nitrogen and oxygen atoms in total. The van der Waals surface area contributed by atoms with Gasteiger partial charge in [-0.15, -0.1) is 0 Å². The number of carbonyl (C=O) groups excluding carboxylic acids is 2. The lowest BCUT2D eigenvalue weighted by atomic mass is 10.1. The van der Waals surface area contributed by atoms with Gasteiger partial charge in [-0.3, -0.25) is 9.59 Å². The van der Waals surface area contributed by atoms with Crippen molar-refractivity contribution in [2.75, 3.05) is 0 Å². The van der Waals surface area contributed by atoms with Crippen molar-refractivity contribution < 1.29 is 9.59 Å². The lowest BCUT2D eigenvalue weighted by Gasteiger charge is -2.12. The lowest BCUT2D eigenvalue weighted by Crippen LogP contribution is -2.32. The topological polar surface area (TPSA) is 58.2 Å². The van der Waals surface area contributed by atoms with Crippen LogP contribution in [0.1, 0.15) is 50.0 Å². The first-order valence-electron chi connectivity index (χ1n) is 7.25. The Morgan fingerprint density at radius 1 is 1.29 bits per heavy atom. The number of nitrogens with one attached hydrogen (secondary N) is 2. The average molecular weight is 288 g/mol. The fourth-order valence-corrected chi connectivity index (χ4v) is 1.73. The number of hydrogen-bond acceptors (Lipinski definition) is 2. The van der Waals surface area contributed by atoms with E-state index in [1.54, 1.807) is 18.2 Å². The summed E-state index contributed by atoms with van der Waals surface area (Å²) in [7, 11) is 0. The Morgan fingerprint density at radius 3 is 2.62 bits per heavy atom. The van der Waals surface area contributed by atoms with Gasteiger partial charge in [0.05, 0.1) is 0 Å². The highest BCUT2D eigenvalue weighted by Gasteiger charge is 2.09. The van der Waals surface area contributed by atoms with Gasteiger partial charge in [0.1, 0.15) is 0 Å². The van der Waals surface area contributed by atoms with Gasteiger partial charge in [0, 0.05) is 24.2 Å². The Balaban J connectivity index is 2.66. The van der Waals surface area contributed by atoms with E-state index in [1.807, 2.05) is 39.8 Å². The maximum absolute atomic E-state index is 12.0. The van der Waals surface area contributed by atoms with E-state index in [9.17, 15) is 9.59 Å². The predicted molar refractivity (Wildman–Crippen MR) is 84.9 cm³/mol. The van der Waals surface area contributed by atoms with Crippen LogP contribution in [0.25, 0.3) is 0 Å². The van der Waals surface area contributed by atoms with Crippen LogP contribution < -0.4 is 10.6 Å². The third-order valence-corrected chi connectivity index (χ3v) is 3.07. The van der Waals surface area contributed by atoms with Gasteiger partial charge < -0.3 is 10.6 Å². The van der Waals surface area contributed by atoms with Crippen LogP contribution in [0.2, 0.25) is 0 Å². The molecule has 21 heavy (non-hydrogen) atoms. The lowest BCUT2D eigenvalue weighted by molar-refractivity contribution is -0.116. The van der Waals surface area contributed by atoms with Gasteiger partial charge in [0.15, 0.2) is 0 Å². The minimum atomic E-state index is -0.121. The van der Waals surface area contributed by atoms with E-state index in [1.165, 1.54) is 0 Å². The average Bonchev–Trinajstić information content (AvgIpc) is 2.44. The van der Waals surface area contributed by atoms with Crippen LogP contribution in [0.5, 0.6) is 0 Å². The molecule has 2 N–H and O–H groups in total. The summed E-state index contributed by atoms with van der Waals surface area (Å²) in [6.07, 6.45) is 2.45. The molecule has 0 spiro atoms. The number of carbonyl (C=O) groups is 2. The van der Waals surface area contributed by atoms with Crippen LogP contribution in [0.15, 0.2) is 35.9 Å². The summed E-state index contributed by atoms with van der Waals surface area (Å²) in [5.74, 6) is -0.203. The first kappa shape index (κ1) is 17.0. The summed E-state index contributed by atoms with van der Waals surface area (Å²) in [5, 5.41) is 5.73. The summed E-state index contributed by atoms with van der Waals surface area (Å²) in [6, 6.07) is 7.45. The number of amides is 2. The molecular weight excluding hydrogens is 264 g/mol. The molecule has 0 saturated heterocycles. The third kappa shape index (κ3) is 6.25. The molecule has 0 aliphatic heterocycles. The van der Waals surface area contributed by atoms with Crippen molar-refractivity contribution in [1.82, 2.24) is 10.6 Å². The Kier molecular flexibility index (Phi) is 6.66. The maximum Gasteiger partial charge on any atom is 0.251 e. The largest absolute Gasteiger partial charge is 0.350 e. The van der Waals surface area contributed by atoms with E-state index in [4.69, 9.17) is 0 Å². The summed E-state index contributed by atoms with van der Waals surface area (Å²) in [6.45, 7) is 8.16. The third-order valence-electron chi connectivity index (χ3n) is 3.07. The molecule has 114 valence electrons. The molecule has 0 unspecified atom stereocenters. The first-order valence-corrected chi connectivity index (χ1v) is 7.25. The second kappa shape index (κ2) is 8.25. The zero-order chi connectivity index (χ0) is 15.8. The van der Waals surface area contributed by atoms with Crippen LogP contribution in [0, 0.1) is 0 Å².